The minimum absolute atomic E-state index is 0.0111. The Morgan fingerprint density at radius 3 is 2.92 bits per heavy atom. The van der Waals surface area contributed by atoms with Crippen molar-refractivity contribution in [3.63, 3.8) is 0 Å². The van der Waals surface area contributed by atoms with Gasteiger partial charge in [0.05, 0.1) is 12.1 Å². The van der Waals surface area contributed by atoms with Gasteiger partial charge in [-0.1, -0.05) is 31.2 Å². The van der Waals surface area contributed by atoms with Crippen LogP contribution < -0.4 is 10.6 Å². The van der Waals surface area contributed by atoms with Crippen molar-refractivity contribution in [2.24, 2.45) is 0 Å². The summed E-state index contributed by atoms with van der Waals surface area (Å²) in [5.74, 6) is 0.0111. The lowest BCUT2D eigenvalue weighted by Gasteiger charge is -2.36. The van der Waals surface area contributed by atoms with Gasteiger partial charge in [0.1, 0.15) is 5.01 Å². The fourth-order valence-electron chi connectivity index (χ4n) is 3.18. The largest absolute Gasteiger partial charge is 0.359 e. The molecule has 2 N–H and O–H groups in total. The average molecular weight is 359 g/mol. The van der Waals surface area contributed by atoms with E-state index in [0.29, 0.717) is 12.5 Å². The fraction of sp³-hybridized carbons (Fsp3) is 0.474. The van der Waals surface area contributed by atoms with E-state index in [1.165, 1.54) is 11.1 Å². The summed E-state index contributed by atoms with van der Waals surface area (Å²) in [6, 6.07) is 9.32. The first-order valence-electron chi connectivity index (χ1n) is 8.87. The average Bonchev–Trinajstić information content (AvgIpc) is 3.09. The quantitative estimate of drug-likeness (QED) is 0.831. The van der Waals surface area contributed by atoms with E-state index in [4.69, 9.17) is 0 Å². The molecule has 1 saturated heterocycles. The molecule has 0 spiro atoms. The van der Waals surface area contributed by atoms with Crippen molar-refractivity contribution in [1.82, 2.24) is 20.5 Å². The number of likely N-dealkylation sites (N-methyl/N-ethyl adjacent to an activating group) is 1. The van der Waals surface area contributed by atoms with Crippen LogP contribution in [0.5, 0.6) is 0 Å². The highest BCUT2D eigenvalue weighted by Crippen LogP contribution is 2.25. The maximum Gasteiger partial charge on any atom is 0.226 e. The molecule has 1 atom stereocenters. The van der Waals surface area contributed by atoms with E-state index in [1.54, 1.807) is 18.4 Å². The molecule has 1 aromatic carbocycles. The second-order valence-electron chi connectivity index (χ2n) is 6.37. The molecule has 1 fully saturated rings. The zero-order chi connectivity index (χ0) is 17.6. The van der Waals surface area contributed by atoms with E-state index in [1.807, 2.05) is 0 Å². The molecule has 2 heterocycles. The molecule has 134 valence electrons. The fourth-order valence-corrected chi connectivity index (χ4v) is 3.96. The summed E-state index contributed by atoms with van der Waals surface area (Å²) in [7, 11) is 1.66. The highest BCUT2D eigenvalue weighted by molar-refractivity contribution is 7.09. The predicted octanol–water partition coefficient (Wildman–Crippen LogP) is 2.14. The minimum atomic E-state index is 0.0111. The minimum Gasteiger partial charge on any atom is -0.359 e. The van der Waals surface area contributed by atoms with Gasteiger partial charge >= 0.3 is 0 Å². The Hall–Kier alpha value is -1.76. The van der Waals surface area contributed by atoms with Crippen molar-refractivity contribution >= 4 is 17.2 Å². The first-order valence-corrected chi connectivity index (χ1v) is 9.75. The van der Waals surface area contributed by atoms with Crippen LogP contribution in [-0.4, -0.2) is 42.5 Å². The molecule has 1 aliphatic rings. The van der Waals surface area contributed by atoms with Crippen LogP contribution in [0.15, 0.2) is 29.6 Å². The lowest BCUT2D eigenvalue weighted by atomic mass is 10.0. The van der Waals surface area contributed by atoms with Crippen molar-refractivity contribution in [3.8, 4) is 0 Å². The van der Waals surface area contributed by atoms with E-state index in [0.717, 1.165) is 43.3 Å². The van der Waals surface area contributed by atoms with Gasteiger partial charge in [-0.05, 0) is 17.5 Å². The maximum absolute atomic E-state index is 11.5. The molecule has 0 radical (unpaired) electrons. The molecule has 5 nitrogen and oxygen atoms in total. The molecule has 25 heavy (non-hydrogen) atoms. The smallest absolute Gasteiger partial charge is 0.226 e. The van der Waals surface area contributed by atoms with Gasteiger partial charge in [-0.25, -0.2) is 4.98 Å². The number of aryl methyl sites for hydroxylation is 1. The molecule has 3 rings (SSSR count). The van der Waals surface area contributed by atoms with Gasteiger partial charge in [0.15, 0.2) is 0 Å². The Morgan fingerprint density at radius 2 is 2.20 bits per heavy atom. The highest BCUT2D eigenvalue weighted by atomic mass is 32.1. The number of hydrogen-bond donors (Lipinski definition) is 2. The number of nitrogens with one attached hydrogen (secondary N) is 2. The van der Waals surface area contributed by atoms with Crippen LogP contribution in [0.25, 0.3) is 0 Å². The van der Waals surface area contributed by atoms with Crippen LogP contribution >= 0.6 is 11.3 Å². The number of hydrogen-bond acceptors (Lipinski definition) is 5. The Balaban J connectivity index is 1.69. The SMILES string of the molecule is CCc1ccc(C2CNCCN2Cc2csc(CC(=O)NC)n2)cc1. The van der Waals surface area contributed by atoms with Crippen molar-refractivity contribution in [3.05, 3.63) is 51.5 Å². The third kappa shape index (κ3) is 4.66. The summed E-state index contributed by atoms with van der Waals surface area (Å²) in [5, 5.41) is 9.12. The first kappa shape index (κ1) is 18.0. The number of rotatable bonds is 6. The third-order valence-corrected chi connectivity index (χ3v) is 5.58. The van der Waals surface area contributed by atoms with E-state index in [2.05, 4.69) is 57.1 Å². The van der Waals surface area contributed by atoms with Crippen LogP contribution in [-0.2, 0) is 24.2 Å². The highest BCUT2D eigenvalue weighted by Gasteiger charge is 2.24. The summed E-state index contributed by atoms with van der Waals surface area (Å²) in [6.45, 7) is 5.97. The number of benzene rings is 1. The second kappa shape index (κ2) is 8.56. The van der Waals surface area contributed by atoms with Crippen molar-refractivity contribution in [2.75, 3.05) is 26.7 Å². The number of aromatic nitrogens is 1. The molecule has 1 aliphatic heterocycles. The van der Waals surface area contributed by atoms with Gasteiger partial charge in [0, 0.05) is 44.6 Å². The number of thiazole rings is 1. The van der Waals surface area contributed by atoms with Gasteiger partial charge < -0.3 is 10.6 Å². The van der Waals surface area contributed by atoms with E-state index in [-0.39, 0.29) is 5.91 Å². The normalized spacial score (nSPS) is 18.2. The number of carbonyl (C=O) groups excluding carboxylic acids is 1. The van der Waals surface area contributed by atoms with Crippen LogP contribution in [0.1, 0.15) is 34.8 Å². The van der Waals surface area contributed by atoms with Gasteiger partial charge in [-0.15, -0.1) is 11.3 Å². The lowest BCUT2D eigenvalue weighted by Crippen LogP contribution is -2.45. The van der Waals surface area contributed by atoms with Gasteiger partial charge in [-0.2, -0.15) is 0 Å². The van der Waals surface area contributed by atoms with Crippen LogP contribution in [0.4, 0.5) is 0 Å². The van der Waals surface area contributed by atoms with Gasteiger partial charge in [0.2, 0.25) is 5.91 Å². The van der Waals surface area contributed by atoms with Crippen molar-refractivity contribution < 1.29 is 4.79 Å². The molecule has 0 bridgehead atoms. The molecule has 1 unspecified atom stereocenters. The number of amides is 1. The number of nitrogens with zero attached hydrogens (tertiary/aromatic N) is 2. The zero-order valence-electron chi connectivity index (χ0n) is 14.9. The monoisotopic (exact) mass is 358 g/mol. The van der Waals surface area contributed by atoms with E-state index in [9.17, 15) is 4.79 Å². The summed E-state index contributed by atoms with van der Waals surface area (Å²) in [6.07, 6.45) is 1.43. The van der Waals surface area contributed by atoms with Gasteiger partial charge in [-0.3, -0.25) is 9.69 Å². The summed E-state index contributed by atoms with van der Waals surface area (Å²) >= 11 is 1.57. The number of piperazine rings is 1. The Labute approximate surface area is 153 Å². The first-order chi connectivity index (χ1) is 12.2. The summed E-state index contributed by atoms with van der Waals surface area (Å²) in [4.78, 5) is 18.6. The molecule has 0 saturated carbocycles. The van der Waals surface area contributed by atoms with E-state index >= 15 is 0 Å². The Kier molecular flexibility index (Phi) is 6.18. The zero-order valence-corrected chi connectivity index (χ0v) is 15.7. The molecule has 6 heteroatoms. The van der Waals surface area contributed by atoms with Crippen LogP contribution in [0.3, 0.4) is 0 Å². The van der Waals surface area contributed by atoms with Gasteiger partial charge in [0.25, 0.3) is 0 Å². The molecular weight excluding hydrogens is 332 g/mol. The molecule has 0 aliphatic carbocycles. The molecular formula is C19H26N4OS. The Morgan fingerprint density at radius 1 is 1.40 bits per heavy atom. The standard InChI is InChI=1S/C19H26N4OS/c1-3-14-4-6-15(7-5-14)17-11-21-8-9-23(17)12-16-13-25-19(22-16)10-18(24)20-2/h4-7,13,17,21H,3,8-12H2,1-2H3,(H,20,24). The number of carbonyl (C=O) groups is 1. The summed E-state index contributed by atoms with van der Waals surface area (Å²) < 4.78 is 0. The van der Waals surface area contributed by atoms with Crippen molar-refractivity contribution in [2.45, 2.75) is 32.4 Å². The second-order valence-corrected chi connectivity index (χ2v) is 7.31. The van der Waals surface area contributed by atoms with Crippen molar-refractivity contribution in [1.29, 1.82) is 0 Å². The third-order valence-electron chi connectivity index (χ3n) is 4.68. The van der Waals surface area contributed by atoms with Crippen LogP contribution in [0, 0.1) is 0 Å². The topological polar surface area (TPSA) is 57.3 Å². The molecule has 1 amide bonds. The van der Waals surface area contributed by atoms with Crippen LogP contribution in [0.2, 0.25) is 0 Å². The Bertz CT molecular complexity index is 698. The predicted molar refractivity (Wildman–Crippen MR) is 102 cm³/mol. The molecule has 2 aromatic rings. The molecule has 1 aromatic heterocycles. The summed E-state index contributed by atoms with van der Waals surface area (Å²) in [5.41, 5.74) is 3.78. The lowest BCUT2D eigenvalue weighted by molar-refractivity contribution is -0.119. The van der Waals surface area contributed by atoms with E-state index < -0.39 is 0 Å². The maximum atomic E-state index is 11.5.